The summed E-state index contributed by atoms with van der Waals surface area (Å²) in [6, 6.07) is 10.2. The van der Waals surface area contributed by atoms with E-state index in [0.717, 1.165) is 17.8 Å². The summed E-state index contributed by atoms with van der Waals surface area (Å²) in [7, 11) is 3.55. The minimum atomic E-state index is 0.120. The molecule has 1 N–H and O–H groups in total. The maximum absolute atomic E-state index is 11.6. The van der Waals surface area contributed by atoms with Crippen molar-refractivity contribution >= 4 is 38.9 Å². The SMILES string of the molecule is Cc1sc(CNc2ccc(CC(=O)N(C)C)cc2)cc1Br. The fraction of sp³-hybridized carbons (Fsp3) is 0.312. The van der Waals surface area contributed by atoms with Gasteiger partial charge in [0.1, 0.15) is 0 Å². The van der Waals surface area contributed by atoms with Gasteiger partial charge in [0.25, 0.3) is 0 Å². The van der Waals surface area contributed by atoms with Gasteiger partial charge < -0.3 is 10.2 Å². The summed E-state index contributed by atoms with van der Waals surface area (Å²) in [5, 5.41) is 3.40. The molecular weight excluding hydrogens is 348 g/mol. The van der Waals surface area contributed by atoms with Crippen molar-refractivity contribution in [1.29, 1.82) is 0 Å². The largest absolute Gasteiger partial charge is 0.380 e. The smallest absolute Gasteiger partial charge is 0.226 e. The lowest BCUT2D eigenvalue weighted by Gasteiger charge is -2.10. The predicted octanol–water partition coefficient (Wildman–Crippen LogP) is 4.06. The third-order valence-electron chi connectivity index (χ3n) is 3.18. The van der Waals surface area contributed by atoms with Gasteiger partial charge in [-0.1, -0.05) is 12.1 Å². The van der Waals surface area contributed by atoms with Crippen LogP contribution in [0.3, 0.4) is 0 Å². The van der Waals surface area contributed by atoms with Crippen LogP contribution in [0, 0.1) is 6.92 Å². The number of nitrogens with zero attached hydrogens (tertiary/aromatic N) is 1. The Morgan fingerprint density at radius 1 is 1.29 bits per heavy atom. The Bertz CT molecular complexity index is 600. The third kappa shape index (κ3) is 4.58. The Labute approximate surface area is 138 Å². The van der Waals surface area contributed by atoms with Crippen molar-refractivity contribution in [2.24, 2.45) is 0 Å². The second-order valence-corrected chi connectivity index (χ2v) is 7.33. The third-order valence-corrected chi connectivity index (χ3v) is 5.32. The first kappa shape index (κ1) is 16.0. The zero-order valence-electron chi connectivity index (χ0n) is 12.4. The molecule has 0 bridgehead atoms. The number of carbonyl (C=O) groups is 1. The molecule has 0 aliphatic rings. The minimum absolute atomic E-state index is 0.120. The molecule has 2 rings (SSSR count). The molecule has 1 heterocycles. The predicted molar refractivity (Wildman–Crippen MR) is 92.9 cm³/mol. The average molecular weight is 367 g/mol. The van der Waals surface area contributed by atoms with E-state index in [1.54, 1.807) is 30.3 Å². The van der Waals surface area contributed by atoms with Crippen LogP contribution in [-0.2, 0) is 17.8 Å². The van der Waals surface area contributed by atoms with Crippen LogP contribution in [0.25, 0.3) is 0 Å². The van der Waals surface area contributed by atoms with Gasteiger partial charge in [-0.25, -0.2) is 0 Å². The number of carbonyl (C=O) groups excluding carboxylic acids is 1. The average Bonchev–Trinajstić information content (AvgIpc) is 2.77. The van der Waals surface area contributed by atoms with Crippen LogP contribution in [0.15, 0.2) is 34.8 Å². The zero-order chi connectivity index (χ0) is 15.4. The number of rotatable bonds is 5. The zero-order valence-corrected chi connectivity index (χ0v) is 14.8. The molecule has 0 aliphatic heterocycles. The summed E-state index contributed by atoms with van der Waals surface area (Å²) >= 11 is 5.32. The molecule has 3 nitrogen and oxygen atoms in total. The molecule has 0 saturated heterocycles. The summed E-state index contributed by atoms with van der Waals surface area (Å²) in [4.78, 5) is 15.9. The number of hydrogen-bond donors (Lipinski definition) is 1. The van der Waals surface area contributed by atoms with Crippen molar-refractivity contribution < 1.29 is 4.79 Å². The van der Waals surface area contributed by atoms with Crippen LogP contribution in [0.1, 0.15) is 15.3 Å². The van der Waals surface area contributed by atoms with E-state index < -0.39 is 0 Å². The van der Waals surface area contributed by atoms with Gasteiger partial charge in [-0.15, -0.1) is 11.3 Å². The highest BCUT2D eigenvalue weighted by molar-refractivity contribution is 9.10. The highest BCUT2D eigenvalue weighted by Gasteiger charge is 2.06. The number of thiophene rings is 1. The van der Waals surface area contributed by atoms with Crippen LogP contribution in [0.2, 0.25) is 0 Å². The van der Waals surface area contributed by atoms with Gasteiger partial charge in [0.2, 0.25) is 5.91 Å². The van der Waals surface area contributed by atoms with Gasteiger partial charge in [-0.3, -0.25) is 4.79 Å². The fourth-order valence-corrected chi connectivity index (χ4v) is 3.41. The van der Waals surface area contributed by atoms with Crippen molar-refractivity contribution in [2.45, 2.75) is 19.9 Å². The van der Waals surface area contributed by atoms with Crippen LogP contribution >= 0.6 is 27.3 Å². The van der Waals surface area contributed by atoms with Crippen molar-refractivity contribution in [3.8, 4) is 0 Å². The minimum Gasteiger partial charge on any atom is -0.380 e. The van der Waals surface area contributed by atoms with Gasteiger partial charge in [-0.2, -0.15) is 0 Å². The number of anilines is 1. The second-order valence-electron chi connectivity index (χ2n) is 5.13. The van der Waals surface area contributed by atoms with Crippen LogP contribution in [0.5, 0.6) is 0 Å². The first-order chi connectivity index (χ1) is 9.95. The summed E-state index contributed by atoms with van der Waals surface area (Å²) in [6.45, 7) is 2.92. The lowest BCUT2D eigenvalue weighted by Crippen LogP contribution is -2.23. The standard InChI is InChI=1S/C16H19BrN2OS/c1-11-15(17)9-14(21-11)10-18-13-6-4-12(5-7-13)8-16(20)19(2)3/h4-7,9,18H,8,10H2,1-3H3. The molecule has 21 heavy (non-hydrogen) atoms. The van der Waals surface area contributed by atoms with Gasteiger partial charge in [-0.05, 0) is 46.6 Å². The van der Waals surface area contributed by atoms with E-state index in [9.17, 15) is 4.79 Å². The van der Waals surface area contributed by atoms with E-state index in [0.29, 0.717) is 6.42 Å². The first-order valence-electron chi connectivity index (χ1n) is 6.73. The normalized spacial score (nSPS) is 10.5. The second kappa shape index (κ2) is 7.09. The molecule has 0 saturated carbocycles. The Balaban J connectivity index is 1.91. The maximum Gasteiger partial charge on any atom is 0.226 e. The maximum atomic E-state index is 11.6. The van der Waals surface area contributed by atoms with Crippen LogP contribution in [-0.4, -0.2) is 24.9 Å². The number of likely N-dealkylation sites (N-methyl/N-ethyl adjacent to an activating group) is 1. The molecular formula is C16H19BrN2OS. The highest BCUT2D eigenvalue weighted by Crippen LogP contribution is 2.26. The lowest BCUT2D eigenvalue weighted by atomic mass is 10.1. The summed E-state index contributed by atoms with van der Waals surface area (Å²) in [5.41, 5.74) is 2.10. The van der Waals surface area contributed by atoms with E-state index in [1.165, 1.54) is 14.2 Å². The number of hydrogen-bond acceptors (Lipinski definition) is 3. The molecule has 0 radical (unpaired) electrons. The van der Waals surface area contributed by atoms with Crippen LogP contribution in [0.4, 0.5) is 5.69 Å². The molecule has 1 aromatic heterocycles. The molecule has 112 valence electrons. The number of amides is 1. The van der Waals surface area contributed by atoms with Crippen molar-refractivity contribution in [3.63, 3.8) is 0 Å². The van der Waals surface area contributed by atoms with E-state index in [2.05, 4.69) is 34.2 Å². The molecule has 5 heteroatoms. The molecule has 0 aliphatic carbocycles. The van der Waals surface area contributed by atoms with E-state index in [-0.39, 0.29) is 5.91 Å². The van der Waals surface area contributed by atoms with E-state index >= 15 is 0 Å². The Morgan fingerprint density at radius 2 is 1.95 bits per heavy atom. The van der Waals surface area contributed by atoms with Gasteiger partial charge in [0.15, 0.2) is 0 Å². The highest BCUT2D eigenvalue weighted by atomic mass is 79.9. The number of halogens is 1. The number of benzene rings is 1. The lowest BCUT2D eigenvalue weighted by molar-refractivity contribution is -0.127. The Kier molecular flexibility index (Phi) is 5.42. The number of aryl methyl sites for hydroxylation is 1. The first-order valence-corrected chi connectivity index (χ1v) is 8.34. The van der Waals surface area contributed by atoms with E-state index in [4.69, 9.17) is 0 Å². The Hall–Kier alpha value is -1.33. The topological polar surface area (TPSA) is 32.3 Å². The summed E-state index contributed by atoms with van der Waals surface area (Å²) < 4.78 is 1.17. The molecule has 0 unspecified atom stereocenters. The molecule has 0 spiro atoms. The van der Waals surface area contributed by atoms with Gasteiger partial charge in [0, 0.05) is 40.6 Å². The monoisotopic (exact) mass is 366 g/mol. The van der Waals surface area contributed by atoms with Gasteiger partial charge >= 0.3 is 0 Å². The quantitative estimate of drug-likeness (QED) is 0.864. The van der Waals surface area contributed by atoms with Crippen molar-refractivity contribution in [3.05, 3.63) is 50.1 Å². The van der Waals surface area contributed by atoms with Crippen molar-refractivity contribution in [2.75, 3.05) is 19.4 Å². The molecule has 1 aromatic carbocycles. The molecule has 2 aromatic rings. The summed E-state index contributed by atoms with van der Waals surface area (Å²) in [5.74, 6) is 0.120. The molecule has 0 fully saturated rings. The fourth-order valence-electron chi connectivity index (χ4n) is 1.87. The molecule has 0 atom stereocenters. The van der Waals surface area contributed by atoms with E-state index in [1.807, 2.05) is 24.3 Å². The van der Waals surface area contributed by atoms with Gasteiger partial charge in [0.05, 0.1) is 6.42 Å². The summed E-state index contributed by atoms with van der Waals surface area (Å²) in [6.07, 6.45) is 0.449. The molecule has 1 amide bonds. The van der Waals surface area contributed by atoms with Crippen LogP contribution < -0.4 is 5.32 Å². The van der Waals surface area contributed by atoms with Crippen molar-refractivity contribution in [1.82, 2.24) is 4.90 Å². The number of nitrogens with one attached hydrogen (secondary N) is 1. The Morgan fingerprint density at radius 3 is 2.48 bits per heavy atom.